The molecule has 172 valence electrons. The Morgan fingerprint density at radius 3 is 2.82 bits per heavy atom. The van der Waals surface area contributed by atoms with Crippen molar-refractivity contribution in [1.29, 1.82) is 0 Å². The Balaban J connectivity index is 1.41. The third-order valence-electron chi connectivity index (χ3n) is 6.36. The lowest BCUT2D eigenvalue weighted by Gasteiger charge is -2.20. The highest BCUT2D eigenvalue weighted by molar-refractivity contribution is 6.35. The normalized spacial score (nSPS) is 20.9. The highest BCUT2D eigenvalue weighted by atomic mass is 35.5. The fourth-order valence-electron chi connectivity index (χ4n) is 4.65. The first-order valence-electron chi connectivity index (χ1n) is 11.2. The topological polar surface area (TPSA) is 96.8 Å². The molecule has 4 aliphatic rings. The molecule has 1 aromatic heterocycles. The van der Waals surface area contributed by atoms with Crippen LogP contribution in [0.2, 0.25) is 5.02 Å². The summed E-state index contributed by atoms with van der Waals surface area (Å²) in [6.45, 7) is 0.937. The van der Waals surface area contributed by atoms with Crippen molar-refractivity contribution in [2.45, 2.75) is 25.4 Å². The minimum Gasteiger partial charge on any atom is -0.373 e. The van der Waals surface area contributed by atoms with Crippen LogP contribution in [0.3, 0.4) is 0 Å². The Bertz CT molecular complexity index is 1480. The smallest absolute Gasteiger partial charge is 0.297 e. The number of rotatable bonds is 4. The number of fused-ring (bicyclic) bond motifs is 3. The Morgan fingerprint density at radius 2 is 2.06 bits per heavy atom. The van der Waals surface area contributed by atoms with E-state index >= 15 is 0 Å². The summed E-state index contributed by atoms with van der Waals surface area (Å²) in [6, 6.07) is 6.77. The van der Waals surface area contributed by atoms with Crippen molar-refractivity contribution >= 4 is 34.0 Å². The largest absolute Gasteiger partial charge is 0.373 e. The lowest BCUT2D eigenvalue weighted by molar-refractivity contribution is -0.131. The predicted molar refractivity (Wildman–Crippen MR) is 127 cm³/mol. The number of halogens is 1. The summed E-state index contributed by atoms with van der Waals surface area (Å²) >= 11 is 6.60. The number of aromatic nitrogens is 6. The van der Waals surface area contributed by atoms with Crippen molar-refractivity contribution in [1.82, 2.24) is 29.3 Å². The summed E-state index contributed by atoms with van der Waals surface area (Å²) in [5, 5.41) is 14.8. The minimum atomic E-state index is -0.634. The van der Waals surface area contributed by atoms with Gasteiger partial charge in [-0.1, -0.05) is 35.9 Å². The van der Waals surface area contributed by atoms with E-state index in [9.17, 15) is 9.59 Å². The number of ketones is 1. The Kier molecular flexibility index (Phi) is 5.15. The van der Waals surface area contributed by atoms with Gasteiger partial charge in [-0.15, -0.1) is 0 Å². The molecule has 1 aromatic carbocycles. The maximum atomic E-state index is 13.3. The molecule has 0 spiro atoms. The average Bonchev–Trinajstić information content (AvgIpc) is 3.49. The lowest BCUT2D eigenvalue weighted by atomic mass is 9.99. The summed E-state index contributed by atoms with van der Waals surface area (Å²) in [5.41, 5.74) is 2.06. The van der Waals surface area contributed by atoms with Gasteiger partial charge in [0.15, 0.2) is 11.5 Å². The van der Waals surface area contributed by atoms with E-state index in [1.54, 1.807) is 16.9 Å². The van der Waals surface area contributed by atoms with Gasteiger partial charge in [-0.25, -0.2) is 9.36 Å². The summed E-state index contributed by atoms with van der Waals surface area (Å²) in [7, 11) is 0. The van der Waals surface area contributed by atoms with Crippen LogP contribution >= 0.6 is 11.6 Å². The Labute approximate surface area is 199 Å². The van der Waals surface area contributed by atoms with Crippen LogP contribution in [0.5, 0.6) is 0 Å². The van der Waals surface area contributed by atoms with Crippen molar-refractivity contribution in [3.05, 3.63) is 70.3 Å². The van der Waals surface area contributed by atoms with Crippen LogP contribution in [0.25, 0.3) is 28.0 Å². The molecule has 4 heterocycles. The molecule has 1 unspecified atom stereocenters. The van der Waals surface area contributed by atoms with Gasteiger partial charge in [-0.05, 0) is 24.6 Å². The highest BCUT2D eigenvalue weighted by Gasteiger charge is 2.31. The molecule has 10 heteroatoms. The number of ether oxygens (including phenoxy) is 1. The molecule has 6 rings (SSSR count). The fraction of sp³-hybridized carbons (Fsp3) is 0.292. The van der Waals surface area contributed by atoms with Crippen molar-refractivity contribution in [3.8, 4) is 11.4 Å². The number of para-hydroxylation sites is 1. The van der Waals surface area contributed by atoms with E-state index < -0.39 is 6.04 Å². The molecule has 0 radical (unpaired) electrons. The van der Waals surface area contributed by atoms with Gasteiger partial charge in [0.25, 0.3) is 5.56 Å². The van der Waals surface area contributed by atoms with Gasteiger partial charge in [0.05, 0.1) is 16.2 Å². The molecule has 0 bridgehead atoms. The van der Waals surface area contributed by atoms with Crippen LogP contribution in [0, 0.1) is 5.92 Å². The molecule has 1 saturated heterocycles. The van der Waals surface area contributed by atoms with Crippen molar-refractivity contribution in [2.75, 3.05) is 13.2 Å². The molecule has 2 atom stereocenters. The maximum Gasteiger partial charge on any atom is 0.297 e. The molecule has 0 amide bonds. The number of hydrogen-bond donors (Lipinski definition) is 0. The maximum absolute atomic E-state index is 13.3. The molecule has 2 aromatic rings. The van der Waals surface area contributed by atoms with Crippen LogP contribution < -0.4 is 5.56 Å². The van der Waals surface area contributed by atoms with E-state index in [2.05, 4.69) is 27.4 Å². The van der Waals surface area contributed by atoms with E-state index in [1.165, 1.54) is 4.68 Å². The van der Waals surface area contributed by atoms with Gasteiger partial charge in [0.2, 0.25) is 0 Å². The quantitative estimate of drug-likeness (QED) is 0.448. The standard InChI is InChI=1S/C24H21ClN6O3/c25-18-4-1-3-17-21-22(24(33)31(28-21)19-9-12-34-14-20(19)32)27-30(23(17)18)13-15-5-7-16(8-6-15)29-11-2-10-26-29/h1-5,7-8,10-11,15,19H,6,9,12-14H2/t15?,19-/m0/s1. The van der Waals surface area contributed by atoms with Crippen molar-refractivity contribution < 1.29 is 9.53 Å². The SMILES string of the molecule is O=C1COCC[C@@H]1n1nc2c3cccc(Cl)c3n(CC3C=CC(n4cccn4)=CC3)nc-2c1=O. The summed E-state index contributed by atoms with van der Waals surface area (Å²) in [4.78, 5) is 25.7. The minimum absolute atomic E-state index is 0.0115. The summed E-state index contributed by atoms with van der Waals surface area (Å²) in [5.74, 6) is 0.00874. The zero-order chi connectivity index (χ0) is 23.2. The first kappa shape index (κ1) is 21.0. The Morgan fingerprint density at radius 1 is 1.15 bits per heavy atom. The van der Waals surface area contributed by atoms with Crippen LogP contribution in [0.4, 0.5) is 0 Å². The molecule has 34 heavy (non-hydrogen) atoms. The third-order valence-corrected chi connectivity index (χ3v) is 6.66. The van der Waals surface area contributed by atoms with Crippen LogP contribution in [-0.2, 0) is 16.1 Å². The first-order valence-corrected chi connectivity index (χ1v) is 11.5. The number of allylic oxidation sites excluding steroid dienone is 4. The molecule has 1 aliphatic carbocycles. The van der Waals surface area contributed by atoms with E-state index in [4.69, 9.17) is 16.3 Å². The monoisotopic (exact) mass is 476 g/mol. The summed E-state index contributed by atoms with van der Waals surface area (Å²) in [6.07, 6.45) is 11.2. The van der Waals surface area contributed by atoms with E-state index in [0.29, 0.717) is 30.3 Å². The number of hydrogen-bond acceptors (Lipinski definition) is 6. The van der Waals surface area contributed by atoms with Crippen molar-refractivity contribution in [3.63, 3.8) is 0 Å². The number of benzene rings is 1. The third kappa shape index (κ3) is 3.48. The van der Waals surface area contributed by atoms with Crippen LogP contribution in [0.15, 0.2) is 59.7 Å². The Hall–Kier alpha value is -3.56. The zero-order valence-corrected chi connectivity index (χ0v) is 18.9. The average molecular weight is 477 g/mol. The number of nitrogens with zero attached hydrogens (tertiary/aromatic N) is 6. The summed E-state index contributed by atoms with van der Waals surface area (Å²) < 4.78 is 10.1. The van der Waals surface area contributed by atoms with Gasteiger partial charge >= 0.3 is 0 Å². The zero-order valence-electron chi connectivity index (χ0n) is 18.2. The van der Waals surface area contributed by atoms with Gasteiger partial charge in [-0.2, -0.15) is 15.3 Å². The molecule has 0 saturated carbocycles. The fourth-order valence-corrected chi connectivity index (χ4v) is 4.92. The van der Waals surface area contributed by atoms with E-state index in [0.717, 1.165) is 23.0 Å². The van der Waals surface area contributed by atoms with Crippen LogP contribution in [0.1, 0.15) is 18.9 Å². The van der Waals surface area contributed by atoms with Gasteiger partial charge in [-0.3, -0.25) is 14.3 Å². The van der Waals surface area contributed by atoms with Gasteiger partial charge < -0.3 is 4.74 Å². The van der Waals surface area contributed by atoms with E-state index in [1.807, 2.05) is 35.2 Å². The molecular formula is C24H21ClN6O3. The van der Waals surface area contributed by atoms with E-state index in [-0.39, 0.29) is 29.6 Å². The molecular weight excluding hydrogens is 456 g/mol. The molecule has 3 aliphatic heterocycles. The second-order valence-electron chi connectivity index (χ2n) is 8.52. The predicted octanol–water partition coefficient (Wildman–Crippen LogP) is 3.20. The second-order valence-corrected chi connectivity index (χ2v) is 8.93. The lowest BCUT2D eigenvalue weighted by Crippen LogP contribution is -2.35. The highest BCUT2D eigenvalue weighted by Crippen LogP contribution is 2.32. The molecule has 9 nitrogen and oxygen atoms in total. The molecule has 1 fully saturated rings. The number of carbonyl (C=O) groups excluding carboxylic acids is 1. The van der Waals surface area contributed by atoms with Gasteiger partial charge in [0, 0.05) is 43.3 Å². The van der Waals surface area contributed by atoms with Crippen molar-refractivity contribution in [2.24, 2.45) is 5.92 Å². The second kappa shape index (κ2) is 8.34. The molecule has 0 N–H and O–H groups in total. The first-order chi connectivity index (χ1) is 16.6. The number of carbonyl (C=O) groups is 1. The van der Waals surface area contributed by atoms with Gasteiger partial charge in [0.1, 0.15) is 18.3 Å². The van der Waals surface area contributed by atoms with Crippen LogP contribution in [-0.4, -0.2) is 48.3 Å². The number of Topliss-reactive ketones (excluding diaryl/α,β-unsaturated/α-hetero) is 1.